The van der Waals surface area contributed by atoms with Gasteiger partial charge in [-0.05, 0) is 25.5 Å². The number of benzene rings is 1. The van der Waals surface area contributed by atoms with Crippen molar-refractivity contribution in [1.29, 1.82) is 0 Å². The molecule has 6 heteroatoms. The van der Waals surface area contributed by atoms with Gasteiger partial charge in [-0.1, -0.05) is 0 Å². The molecule has 6 nitrogen and oxygen atoms in total. The van der Waals surface area contributed by atoms with Gasteiger partial charge in [0.25, 0.3) is 0 Å². The Hall–Kier alpha value is -1.95. The van der Waals surface area contributed by atoms with Crippen LogP contribution in [0.15, 0.2) is 17.1 Å². The highest BCUT2D eigenvalue weighted by Crippen LogP contribution is 2.34. The molecular weight excluding hydrogens is 294 g/mol. The maximum atomic E-state index is 5.83. The lowest BCUT2D eigenvalue weighted by Crippen LogP contribution is -2.37. The summed E-state index contributed by atoms with van der Waals surface area (Å²) in [5.74, 6) is 2.60. The molecule has 0 fully saturated rings. The van der Waals surface area contributed by atoms with Crippen molar-refractivity contribution in [1.82, 2.24) is 10.6 Å². The van der Waals surface area contributed by atoms with Crippen LogP contribution in [0.25, 0.3) is 0 Å². The number of nitrogens with zero attached hydrogens (tertiary/aromatic N) is 1. The molecule has 0 aliphatic carbocycles. The van der Waals surface area contributed by atoms with E-state index in [1.54, 1.807) is 21.3 Å². The predicted molar refractivity (Wildman–Crippen MR) is 91.5 cm³/mol. The SMILES string of the molecule is CN=C(NCCCOC)NCc1cc2c(cc1OC)CC(C)O2. The Kier molecular flexibility index (Phi) is 6.52. The summed E-state index contributed by atoms with van der Waals surface area (Å²) in [5, 5.41) is 6.56. The normalized spacial score (nSPS) is 16.7. The molecule has 0 bridgehead atoms. The van der Waals surface area contributed by atoms with E-state index in [1.165, 1.54) is 5.56 Å². The third-order valence-electron chi connectivity index (χ3n) is 3.79. The number of hydrogen-bond acceptors (Lipinski definition) is 4. The Labute approximate surface area is 138 Å². The first-order valence-electron chi connectivity index (χ1n) is 7.97. The summed E-state index contributed by atoms with van der Waals surface area (Å²) >= 11 is 0. The molecule has 0 saturated heterocycles. The molecule has 0 radical (unpaired) electrons. The molecule has 1 unspecified atom stereocenters. The maximum absolute atomic E-state index is 5.83. The molecular formula is C17H27N3O3. The molecule has 2 N–H and O–H groups in total. The van der Waals surface area contributed by atoms with Gasteiger partial charge in [0.15, 0.2) is 5.96 Å². The zero-order valence-corrected chi connectivity index (χ0v) is 14.4. The third kappa shape index (κ3) is 4.76. The van der Waals surface area contributed by atoms with E-state index in [0.29, 0.717) is 6.54 Å². The third-order valence-corrected chi connectivity index (χ3v) is 3.79. The van der Waals surface area contributed by atoms with E-state index >= 15 is 0 Å². The Balaban J connectivity index is 1.95. The van der Waals surface area contributed by atoms with Crippen LogP contribution < -0.4 is 20.1 Å². The largest absolute Gasteiger partial charge is 0.496 e. The van der Waals surface area contributed by atoms with Crippen LogP contribution in [-0.4, -0.2) is 46.5 Å². The first-order chi connectivity index (χ1) is 11.2. The standard InChI is InChI=1S/C17H27N3O3/c1-12-8-13-9-15(22-4)14(10-16(13)23-12)11-20-17(18-2)19-6-5-7-21-3/h9-10,12H,5-8,11H2,1-4H3,(H2,18,19,20). The lowest BCUT2D eigenvalue weighted by Gasteiger charge is -2.15. The molecule has 23 heavy (non-hydrogen) atoms. The second-order valence-electron chi connectivity index (χ2n) is 5.60. The lowest BCUT2D eigenvalue weighted by molar-refractivity contribution is 0.195. The smallest absolute Gasteiger partial charge is 0.191 e. The minimum atomic E-state index is 0.230. The van der Waals surface area contributed by atoms with Gasteiger partial charge in [0, 0.05) is 51.4 Å². The van der Waals surface area contributed by atoms with Crippen molar-refractivity contribution in [3.63, 3.8) is 0 Å². The van der Waals surface area contributed by atoms with Crippen LogP contribution in [0.2, 0.25) is 0 Å². The van der Waals surface area contributed by atoms with Crippen LogP contribution in [0, 0.1) is 0 Å². The fourth-order valence-corrected chi connectivity index (χ4v) is 2.63. The number of methoxy groups -OCH3 is 2. The second kappa shape index (κ2) is 8.62. The van der Waals surface area contributed by atoms with Gasteiger partial charge in [-0.3, -0.25) is 4.99 Å². The summed E-state index contributed by atoms with van der Waals surface area (Å²) in [6, 6.07) is 4.13. The van der Waals surface area contributed by atoms with E-state index in [9.17, 15) is 0 Å². The molecule has 0 saturated carbocycles. The fourth-order valence-electron chi connectivity index (χ4n) is 2.63. The van der Waals surface area contributed by atoms with E-state index in [2.05, 4.69) is 34.7 Å². The highest BCUT2D eigenvalue weighted by molar-refractivity contribution is 5.79. The first-order valence-corrected chi connectivity index (χ1v) is 7.97. The number of aliphatic imine (C=N–C) groups is 1. The quantitative estimate of drug-likeness (QED) is 0.455. The van der Waals surface area contributed by atoms with Crippen molar-refractivity contribution in [2.45, 2.75) is 32.4 Å². The van der Waals surface area contributed by atoms with Gasteiger partial charge < -0.3 is 24.8 Å². The van der Waals surface area contributed by atoms with E-state index in [1.807, 2.05) is 0 Å². The van der Waals surface area contributed by atoms with E-state index < -0.39 is 0 Å². The zero-order valence-electron chi connectivity index (χ0n) is 14.4. The first kappa shape index (κ1) is 17.4. The molecule has 1 heterocycles. The summed E-state index contributed by atoms with van der Waals surface area (Å²) in [4.78, 5) is 4.22. The van der Waals surface area contributed by atoms with Gasteiger partial charge in [-0.25, -0.2) is 0 Å². The predicted octanol–water partition coefficient (Wildman–Crippen LogP) is 1.72. The molecule has 0 amide bonds. The van der Waals surface area contributed by atoms with E-state index in [4.69, 9.17) is 14.2 Å². The number of fused-ring (bicyclic) bond motifs is 1. The van der Waals surface area contributed by atoms with Crippen molar-refractivity contribution in [3.05, 3.63) is 23.3 Å². The summed E-state index contributed by atoms with van der Waals surface area (Å²) in [7, 11) is 5.16. The zero-order chi connectivity index (χ0) is 16.7. The molecule has 1 aromatic carbocycles. The lowest BCUT2D eigenvalue weighted by atomic mass is 10.1. The minimum Gasteiger partial charge on any atom is -0.496 e. The van der Waals surface area contributed by atoms with Gasteiger partial charge in [0.05, 0.1) is 7.11 Å². The van der Waals surface area contributed by atoms with Crippen LogP contribution >= 0.6 is 0 Å². The Morgan fingerprint density at radius 3 is 2.87 bits per heavy atom. The number of rotatable bonds is 7. The molecule has 128 valence electrons. The van der Waals surface area contributed by atoms with Gasteiger partial charge in [-0.2, -0.15) is 0 Å². The van der Waals surface area contributed by atoms with E-state index in [0.717, 1.165) is 49.0 Å². The van der Waals surface area contributed by atoms with Crippen molar-refractivity contribution in [2.75, 3.05) is 34.4 Å². The number of ether oxygens (including phenoxy) is 3. The van der Waals surface area contributed by atoms with Crippen LogP contribution in [0.1, 0.15) is 24.5 Å². The minimum absolute atomic E-state index is 0.230. The monoisotopic (exact) mass is 321 g/mol. The summed E-state index contributed by atoms with van der Waals surface area (Å²) in [5.41, 5.74) is 2.26. The summed E-state index contributed by atoms with van der Waals surface area (Å²) < 4.78 is 16.4. The molecule has 1 aliphatic heterocycles. The topological polar surface area (TPSA) is 64.1 Å². The van der Waals surface area contributed by atoms with Crippen molar-refractivity contribution >= 4 is 5.96 Å². The van der Waals surface area contributed by atoms with Crippen LogP contribution in [0.5, 0.6) is 11.5 Å². The molecule has 2 rings (SSSR count). The van der Waals surface area contributed by atoms with Gasteiger partial charge in [0.2, 0.25) is 0 Å². The fraction of sp³-hybridized carbons (Fsp3) is 0.588. The average molecular weight is 321 g/mol. The van der Waals surface area contributed by atoms with E-state index in [-0.39, 0.29) is 6.10 Å². The van der Waals surface area contributed by atoms with Crippen molar-refractivity contribution in [3.8, 4) is 11.5 Å². The highest BCUT2D eigenvalue weighted by atomic mass is 16.5. The Bertz CT molecular complexity index is 546. The summed E-state index contributed by atoms with van der Waals surface area (Å²) in [6.07, 6.45) is 2.10. The van der Waals surface area contributed by atoms with Crippen molar-refractivity contribution in [2.24, 2.45) is 4.99 Å². The summed E-state index contributed by atoms with van der Waals surface area (Å²) in [6.45, 7) is 4.25. The number of nitrogens with one attached hydrogen (secondary N) is 2. The molecule has 0 aromatic heterocycles. The molecule has 0 spiro atoms. The van der Waals surface area contributed by atoms with Gasteiger partial charge in [-0.15, -0.1) is 0 Å². The second-order valence-corrected chi connectivity index (χ2v) is 5.60. The molecule has 1 aliphatic rings. The maximum Gasteiger partial charge on any atom is 0.191 e. The average Bonchev–Trinajstić information content (AvgIpc) is 2.92. The van der Waals surface area contributed by atoms with Gasteiger partial charge in [0.1, 0.15) is 17.6 Å². The van der Waals surface area contributed by atoms with Crippen molar-refractivity contribution < 1.29 is 14.2 Å². The number of guanidine groups is 1. The molecule has 1 atom stereocenters. The Morgan fingerprint density at radius 2 is 2.17 bits per heavy atom. The number of hydrogen-bond donors (Lipinski definition) is 2. The van der Waals surface area contributed by atoms with Crippen LogP contribution in [0.4, 0.5) is 0 Å². The van der Waals surface area contributed by atoms with Crippen LogP contribution in [-0.2, 0) is 17.7 Å². The highest BCUT2D eigenvalue weighted by Gasteiger charge is 2.21. The molecule has 1 aromatic rings. The van der Waals surface area contributed by atoms with Gasteiger partial charge >= 0.3 is 0 Å². The Morgan fingerprint density at radius 1 is 1.35 bits per heavy atom. The van der Waals surface area contributed by atoms with Crippen LogP contribution in [0.3, 0.4) is 0 Å².